The fourth-order valence-corrected chi connectivity index (χ4v) is 3.41. The van der Waals surface area contributed by atoms with Gasteiger partial charge >= 0.3 is 11.9 Å². The topological polar surface area (TPSA) is 86.0 Å². The molecule has 4 rings (SSSR count). The molecule has 7 nitrogen and oxygen atoms in total. The molecular formula is C23H21F3N4O3. The Hall–Kier alpha value is -3.69. The van der Waals surface area contributed by atoms with Crippen molar-refractivity contribution in [2.75, 3.05) is 6.54 Å². The molecule has 0 atom stereocenters. The smallest absolute Gasteiger partial charge is 0.350 e. The molecule has 1 aromatic heterocycles. The van der Waals surface area contributed by atoms with Gasteiger partial charge in [-0.1, -0.05) is 35.9 Å². The molecule has 1 heterocycles. The first-order valence-electron chi connectivity index (χ1n) is 10.4. The standard InChI is InChI=1S/C23H21F3N4O3/c1-14-4-2-5-16(10-14)13-29-21(32)19(20(31)27-12-15-8-9-15)28-30(22(29)33)18-7-3-6-17(11-18)23(24,25)26/h2-7,10-11,15H,8-9,12-13H2,1H3,(H,27,31). The van der Waals surface area contributed by atoms with Crippen LogP contribution in [0.15, 0.2) is 58.1 Å². The SMILES string of the molecule is Cc1cccc(Cn2c(=O)c(C(=O)NCC3CC3)nn(-c3cccc(C(F)(F)F)c3)c2=O)c1. The lowest BCUT2D eigenvalue weighted by Crippen LogP contribution is -2.46. The van der Waals surface area contributed by atoms with Crippen molar-refractivity contribution in [2.24, 2.45) is 5.92 Å². The van der Waals surface area contributed by atoms with E-state index in [0.29, 0.717) is 22.7 Å². The number of nitrogens with zero attached hydrogens (tertiary/aromatic N) is 3. The zero-order valence-electron chi connectivity index (χ0n) is 17.7. The summed E-state index contributed by atoms with van der Waals surface area (Å²) in [7, 11) is 0. The van der Waals surface area contributed by atoms with Crippen LogP contribution in [0.3, 0.4) is 0 Å². The van der Waals surface area contributed by atoms with Gasteiger partial charge in [-0.05, 0) is 49.4 Å². The first-order valence-corrected chi connectivity index (χ1v) is 10.4. The number of hydrogen-bond donors (Lipinski definition) is 1. The molecule has 0 radical (unpaired) electrons. The van der Waals surface area contributed by atoms with E-state index in [1.807, 2.05) is 13.0 Å². The van der Waals surface area contributed by atoms with Crippen molar-refractivity contribution in [1.82, 2.24) is 19.7 Å². The van der Waals surface area contributed by atoms with Gasteiger partial charge in [-0.15, -0.1) is 0 Å². The minimum absolute atomic E-state index is 0.163. The molecule has 172 valence electrons. The van der Waals surface area contributed by atoms with E-state index < -0.39 is 34.6 Å². The minimum Gasteiger partial charge on any atom is -0.350 e. The molecule has 0 bridgehead atoms. The van der Waals surface area contributed by atoms with Gasteiger partial charge in [0, 0.05) is 6.54 Å². The minimum atomic E-state index is -4.64. The van der Waals surface area contributed by atoms with Crippen molar-refractivity contribution in [1.29, 1.82) is 0 Å². The van der Waals surface area contributed by atoms with E-state index in [4.69, 9.17) is 0 Å². The Morgan fingerprint density at radius 3 is 2.52 bits per heavy atom. The highest BCUT2D eigenvalue weighted by molar-refractivity contribution is 5.91. The maximum Gasteiger partial charge on any atom is 0.416 e. The summed E-state index contributed by atoms with van der Waals surface area (Å²) in [5.74, 6) is -0.441. The fourth-order valence-electron chi connectivity index (χ4n) is 3.41. The number of benzene rings is 2. The first-order chi connectivity index (χ1) is 15.6. The number of carbonyl (C=O) groups is 1. The Labute approximate surface area is 186 Å². The quantitative estimate of drug-likeness (QED) is 0.616. The maximum atomic E-state index is 13.2. The summed E-state index contributed by atoms with van der Waals surface area (Å²) in [5.41, 5.74) is -2.07. The number of halogens is 3. The van der Waals surface area contributed by atoms with E-state index in [1.165, 1.54) is 6.07 Å². The van der Waals surface area contributed by atoms with Crippen LogP contribution in [-0.2, 0) is 12.7 Å². The van der Waals surface area contributed by atoms with Crippen LogP contribution >= 0.6 is 0 Å². The number of aromatic nitrogens is 3. The van der Waals surface area contributed by atoms with E-state index in [0.717, 1.165) is 41.2 Å². The zero-order chi connectivity index (χ0) is 23.8. The molecule has 3 aromatic rings. The Morgan fingerprint density at radius 2 is 1.85 bits per heavy atom. The van der Waals surface area contributed by atoms with Gasteiger partial charge in [-0.3, -0.25) is 14.2 Å². The second-order valence-corrected chi connectivity index (χ2v) is 8.12. The molecule has 1 N–H and O–H groups in total. The summed E-state index contributed by atoms with van der Waals surface area (Å²) in [6.45, 7) is 2.04. The van der Waals surface area contributed by atoms with Crippen LogP contribution in [0.2, 0.25) is 0 Å². The predicted octanol–water partition coefficient (Wildman–Crippen LogP) is 2.91. The highest BCUT2D eigenvalue weighted by Gasteiger charge is 2.31. The van der Waals surface area contributed by atoms with Crippen LogP contribution in [0.4, 0.5) is 13.2 Å². The van der Waals surface area contributed by atoms with Crippen LogP contribution in [0.1, 0.15) is 40.0 Å². The molecule has 0 aliphatic heterocycles. The molecule has 0 spiro atoms. The summed E-state index contributed by atoms with van der Waals surface area (Å²) in [4.78, 5) is 38.9. The molecule has 1 saturated carbocycles. The summed E-state index contributed by atoms with van der Waals surface area (Å²) < 4.78 is 41.1. The third kappa shape index (κ3) is 5.05. The van der Waals surface area contributed by atoms with E-state index in [1.54, 1.807) is 18.2 Å². The predicted molar refractivity (Wildman–Crippen MR) is 114 cm³/mol. The summed E-state index contributed by atoms with van der Waals surface area (Å²) >= 11 is 0. The van der Waals surface area contributed by atoms with Gasteiger partial charge in [-0.25, -0.2) is 4.79 Å². The van der Waals surface area contributed by atoms with E-state index >= 15 is 0 Å². The van der Waals surface area contributed by atoms with Crippen molar-refractivity contribution in [3.05, 3.63) is 91.8 Å². The summed E-state index contributed by atoms with van der Waals surface area (Å²) in [5, 5.41) is 6.50. The first kappa shape index (κ1) is 22.5. The lowest BCUT2D eigenvalue weighted by Gasteiger charge is -2.14. The molecule has 2 aromatic carbocycles. The van der Waals surface area contributed by atoms with Gasteiger partial charge in [0.1, 0.15) is 0 Å². The number of aryl methyl sites for hydroxylation is 1. The van der Waals surface area contributed by atoms with Gasteiger partial charge in [-0.2, -0.15) is 23.0 Å². The van der Waals surface area contributed by atoms with Crippen LogP contribution in [0.5, 0.6) is 0 Å². The number of carbonyl (C=O) groups excluding carboxylic acids is 1. The molecule has 0 saturated heterocycles. The Morgan fingerprint density at radius 1 is 1.12 bits per heavy atom. The highest BCUT2D eigenvalue weighted by Crippen LogP contribution is 2.30. The van der Waals surface area contributed by atoms with Gasteiger partial charge in [0.15, 0.2) is 0 Å². The molecule has 1 aliphatic carbocycles. The molecule has 10 heteroatoms. The third-order valence-electron chi connectivity index (χ3n) is 5.36. The lowest BCUT2D eigenvalue weighted by molar-refractivity contribution is -0.137. The monoisotopic (exact) mass is 458 g/mol. The maximum absolute atomic E-state index is 13.2. The van der Waals surface area contributed by atoms with Crippen molar-refractivity contribution >= 4 is 5.91 Å². The number of hydrogen-bond acceptors (Lipinski definition) is 4. The third-order valence-corrected chi connectivity index (χ3v) is 5.36. The normalized spacial score (nSPS) is 13.7. The van der Waals surface area contributed by atoms with Crippen molar-refractivity contribution in [3.8, 4) is 5.69 Å². The molecule has 1 amide bonds. The second kappa shape index (κ2) is 8.68. The van der Waals surface area contributed by atoms with E-state index in [9.17, 15) is 27.6 Å². The van der Waals surface area contributed by atoms with Crippen LogP contribution in [-0.4, -0.2) is 26.8 Å². The van der Waals surface area contributed by atoms with E-state index in [2.05, 4.69) is 10.4 Å². The van der Waals surface area contributed by atoms with Gasteiger partial charge < -0.3 is 5.32 Å². The highest BCUT2D eigenvalue weighted by atomic mass is 19.4. The Kier molecular flexibility index (Phi) is 5.92. The van der Waals surface area contributed by atoms with Gasteiger partial charge in [0.25, 0.3) is 11.5 Å². The summed E-state index contributed by atoms with van der Waals surface area (Å²) in [6, 6.07) is 11.1. The largest absolute Gasteiger partial charge is 0.416 e. The number of amides is 1. The van der Waals surface area contributed by atoms with Crippen LogP contribution in [0.25, 0.3) is 5.69 Å². The van der Waals surface area contributed by atoms with E-state index in [-0.39, 0.29) is 12.2 Å². The fraction of sp³-hybridized carbons (Fsp3) is 0.304. The van der Waals surface area contributed by atoms with Crippen molar-refractivity contribution in [3.63, 3.8) is 0 Å². The lowest BCUT2D eigenvalue weighted by atomic mass is 10.1. The second-order valence-electron chi connectivity index (χ2n) is 8.12. The molecule has 1 fully saturated rings. The van der Waals surface area contributed by atoms with Gasteiger partial charge in [0.2, 0.25) is 5.69 Å². The summed E-state index contributed by atoms with van der Waals surface area (Å²) in [6.07, 6.45) is -2.70. The average molecular weight is 458 g/mol. The van der Waals surface area contributed by atoms with Crippen molar-refractivity contribution in [2.45, 2.75) is 32.5 Å². The van der Waals surface area contributed by atoms with Crippen LogP contribution in [0, 0.1) is 12.8 Å². The number of nitrogens with one attached hydrogen (secondary N) is 1. The average Bonchev–Trinajstić information content (AvgIpc) is 3.59. The molecular weight excluding hydrogens is 437 g/mol. The number of alkyl halides is 3. The number of rotatable bonds is 6. The Balaban J connectivity index is 1.85. The van der Waals surface area contributed by atoms with Crippen molar-refractivity contribution < 1.29 is 18.0 Å². The molecule has 1 aliphatic rings. The van der Waals surface area contributed by atoms with Crippen LogP contribution < -0.4 is 16.6 Å². The molecule has 33 heavy (non-hydrogen) atoms. The Bertz CT molecular complexity index is 1320. The molecule has 0 unspecified atom stereocenters. The van der Waals surface area contributed by atoms with Gasteiger partial charge in [0.05, 0.1) is 17.8 Å². The zero-order valence-corrected chi connectivity index (χ0v) is 17.7.